The van der Waals surface area contributed by atoms with Gasteiger partial charge in [-0.05, 0) is 23.8 Å². The number of alkyl halides is 3. The predicted molar refractivity (Wildman–Crippen MR) is 88.2 cm³/mol. The van der Waals surface area contributed by atoms with Crippen molar-refractivity contribution in [2.75, 3.05) is 24.5 Å². The molecule has 3 rings (SSSR count). The minimum absolute atomic E-state index is 0.00905. The van der Waals surface area contributed by atoms with E-state index in [-0.39, 0.29) is 37.3 Å². The third kappa shape index (κ3) is 4.26. The predicted octanol–water partition coefficient (Wildman–Crippen LogP) is 2.80. The molecule has 0 unspecified atom stereocenters. The van der Waals surface area contributed by atoms with E-state index in [1.807, 2.05) is 0 Å². The number of nitrogens with zero attached hydrogens (tertiary/aromatic N) is 3. The standard InChI is InChI=1S/C18H14F5N3O2/c19-12-2-1-11(14(20)8-12)7-16(27)25-5-6-26(17(28)10-25)13-3-4-24-15(9-13)18(21,22)23/h1-4,8-9H,5-7,10H2. The Balaban J connectivity index is 1.68. The van der Waals surface area contributed by atoms with E-state index in [1.54, 1.807) is 0 Å². The van der Waals surface area contributed by atoms with Crippen molar-refractivity contribution < 1.29 is 31.5 Å². The maximum absolute atomic E-state index is 13.7. The number of aromatic nitrogens is 1. The highest BCUT2D eigenvalue weighted by Gasteiger charge is 2.34. The Kier molecular flexibility index (Phi) is 5.30. The van der Waals surface area contributed by atoms with Gasteiger partial charge in [-0.1, -0.05) is 6.07 Å². The SMILES string of the molecule is O=C(Cc1ccc(F)cc1F)N1CCN(c2ccnc(C(F)(F)F)c2)C(=O)C1. The maximum atomic E-state index is 13.7. The van der Waals surface area contributed by atoms with Gasteiger partial charge in [0, 0.05) is 31.0 Å². The number of piperazine rings is 1. The molecule has 10 heteroatoms. The fourth-order valence-corrected chi connectivity index (χ4v) is 2.84. The number of carbonyl (C=O) groups excluding carboxylic acids is 2. The van der Waals surface area contributed by atoms with E-state index < -0.39 is 35.3 Å². The van der Waals surface area contributed by atoms with Crippen LogP contribution < -0.4 is 4.90 Å². The van der Waals surface area contributed by atoms with E-state index in [4.69, 9.17) is 0 Å². The highest BCUT2D eigenvalue weighted by Crippen LogP contribution is 2.30. The molecule has 1 fully saturated rings. The van der Waals surface area contributed by atoms with Crippen LogP contribution >= 0.6 is 0 Å². The number of halogens is 5. The number of hydrogen-bond donors (Lipinski definition) is 0. The summed E-state index contributed by atoms with van der Waals surface area (Å²) >= 11 is 0. The molecule has 2 aromatic rings. The van der Waals surface area contributed by atoms with Gasteiger partial charge in [-0.3, -0.25) is 14.6 Å². The molecule has 2 amide bonds. The summed E-state index contributed by atoms with van der Waals surface area (Å²) in [5.41, 5.74) is -1.10. The fraction of sp³-hybridized carbons (Fsp3) is 0.278. The average molecular weight is 399 g/mol. The molecular formula is C18H14F5N3O2. The van der Waals surface area contributed by atoms with Crippen molar-refractivity contribution in [3.05, 3.63) is 59.4 Å². The van der Waals surface area contributed by atoms with Gasteiger partial charge in [0.25, 0.3) is 0 Å². The van der Waals surface area contributed by atoms with Crippen LogP contribution in [0.1, 0.15) is 11.3 Å². The highest BCUT2D eigenvalue weighted by molar-refractivity contribution is 5.98. The third-order valence-corrected chi connectivity index (χ3v) is 4.28. The van der Waals surface area contributed by atoms with Gasteiger partial charge in [0.15, 0.2) is 0 Å². The summed E-state index contributed by atoms with van der Waals surface area (Å²) in [5.74, 6) is -2.74. The zero-order chi connectivity index (χ0) is 20.5. The van der Waals surface area contributed by atoms with Crippen molar-refractivity contribution in [3.63, 3.8) is 0 Å². The Morgan fingerprint density at radius 1 is 1.11 bits per heavy atom. The lowest BCUT2D eigenvalue weighted by molar-refractivity contribution is -0.141. The van der Waals surface area contributed by atoms with Crippen molar-refractivity contribution in [1.82, 2.24) is 9.88 Å². The van der Waals surface area contributed by atoms with Crippen LogP contribution in [-0.2, 0) is 22.2 Å². The molecule has 0 radical (unpaired) electrons. The molecule has 0 aliphatic carbocycles. The van der Waals surface area contributed by atoms with Crippen LogP contribution in [0, 0.1) is 11.6 Å². The molecule has 0 saturated carbocycles. The van der Waals surface area contributed by atoms with E-state index in [9.17, 15) is 31.5 Å². The number of hydrogen-bond acceptors (Lipinski definition) is 3. The Hall–Kier alpha value is -3.04. The molecule has 1 aliphatic rings. The minimum atomic E-state index is -4.64. The van der Waals surface area contributed by atoms with E-state index in [2.05, 4.69) is 4.98 Å². The zero-order valence-corrected chi connectivity index (χ0v) is 14.3. The number of anilines is 1. The number of rotatable bonds is 3. The second kappa shape index (κ2) is 7.53. The molecule has 1 aromatic carbocycles. The lowest BCUT2D eigenvalue weighted by atomic mass is 10.1. The smallest absolute Gasteiger partial charge is 0.331 e. The first-order valence-electron chi connectivity index (χ1n) is 8.20. The van der Waals surface area contributed by atoms with Gasteiger partial charge in [0.2, 0.25) is 11.8 Å². The molecule has 0 atom stereocenters. The summed E-state index contributed by atoms with van der Waals surface area (Å²) in [7, 11) is 0. The average Bonchev–Trinajstić information content (AvgIpc) is 2.63. The molecule has 2 heterocycles. The van der Waals surface area contributed by atoms with Crippen LogP contribution in [0.5, 0.6) is 0 Å². The van der Waals surface area contributed by atoms with Gasteiger partial charge in [0.05, 0.1) is 6.42 Å². The molecule has 1 saturated heterocycles. The zero-order valence-electron chi connectivity index (χ0n) is 14.3. The Morgan fingerprint density at radius 2 is 1.86 bits per heavy atom. The van der Waals surface area contributed by atoms with E-state index >= 15 is 0 Å². The van der Waals surface area contributed by atoms with Crippen molar-refractivity contribution in [2.45, 2.75) is 12.6 Å². The molecule has 0 spiro atoms. The van der Waals surface area contributed by atoms with Crippen LogP contribution in [0.25, 0.3) is 0 Å². The summed E-state index contributed by atoms with van der Waals surface area (Å²) in [4.78, 5) is 30.2. The first-order valence-corrected chi connectivity index (χ1v) is 8.20. The second-order valence-corrected chi connectivity index (χ2v) is 6.17. The van der Waals surface area contributed by atoms with E-state index in [0.717, 1.165) is 29.3 Å². The Bertz CT molecular complexity index is 916. The van der Waals surface area contributed by atoms with Crippen molar-refractivity contribution in [1.29, 1.82) is 0 Å². The number of amides is 2. The lowest BCUT2D eigenvalue weighted by Crippen LogP contribution is -2.52. The number of benzene rings is 1. The highest BCUT2D eigenvalue weighted by atomic mass is 19.4. The van der Waals surface area contributed by atoms with Crippen LogP contribution in [0.3, 0.4) is 0 Å². The van der Waals surface area contributed by atoms with Crippen LogP contribution in [-0.4, -0.2) is 41.3 Å². The van der Waals surface area contributed by atoms with Crippen LogP contribution in [0.4, 0.5) is 27.6 Å². The maximum Gasteiger partial charge on any atom is 0.433 e. The summed E-state index contributed by atoms with van der Waals surface area (Å²) in [6, 6.07) is 4.88. The quantitative estimate of drug-likeness (QED) is 0.746. The Morgan fingerprint density at radius 3 is 2.50 bits per heavy atom. The van der Waals surface area contributed by atoms with Gasteiger partial charge >= 0.3 is 6.18 Å². The topological polar surface area (TPSA) is 53.5 Å². The molecule has 0 bridgehead atoms. The van der Waals surface area contributed by atoms with Gasteiger partial charge in [0.1, 0.15) is 23.9 Å². The first-order chi connectivity index (χ1) is 13.1. The van der Waals surface area contributed by atoms with Gasteiger partial charge < -0.3 is 9.80 Å². The monoisotopic (exact) mass is 399 g/mol. The van der Waals surface area contributed by atoms with E-state index in [0.29, 0.717) is 6.07 Å². The fourth-order valence-electron chi connectivity index (χ4n) is 2.84. The minimum Gasteiger partial charge on any atom is -0.331 e. The van der Waals surface area contributed by atoms with Gasteiger partial charge in [-0.25, -0.2) is 8.78 Å². The van der Waals surface area contributed by atoms with E-state index in [1.165, 1.54) is 11.0 Å². The second-order valence-electron chi connectivity index (χ2n) is 6.17. The summed E-state index contributed by atoms with van der Waals surface area (Å²) in [6.45, 7) is -0.305. The van der Waals surface area contributed by atoms with Crippen LogP contribution in [0.15, 0.2) is 36.5 Å². The first kappa shape index (κ1) is 19.7. The molecule has 5 nitrogen and oxygen atoms in total. The Labute approximate surface area is 156 Å². The summed E-state index contributed by atoms with van der Waals surface area (Å²) < 4.78 is 65.0. The third-order valence-electron chi connectivity index (χ3n) is 4.28. The molecule has 1 aromatic heterocycles. The summed E-state index contributed by atoms with van der Waals surface area (Å²) in [5, 5.41) is 0. The van der Waals surface area contributed by atoms with Gasteiger partial charge in [-0.15, -0.1) is 0 Å². The lowest BCUT2D eigenvalue weighted by Gasteiger charge is -2.34. The van der Waals surface area contributed by atoms with Crippen molar-refractivity contribution >= 4 is 17.5 Å². The van der Waals surface area contributed by atoms with Gasteiger partial charge in [-0.2, -0.15) is 13.2 Å². The molecule has 28 heavy (non-hydrogen) atoms. The van der Waals surface area contributed by atoms with Crippen molar-refractivity contribution in [3.8, 4) is 0 Å². The summed E-state index contributed by atoms with van der Waals surface area (Å²) in [6.07, 6.45) is -4.04. The van der Waals surface area contributed by atoms with Crippen LogP contribution in [0.2, 0.25) is 0 Å². The molecule has 148 valence electrons. The largest absolute Gasteiger partial charge is 0.433 e. The van der Waals surface area contributed by atoms with Crippen molar-refractivity contribution in [2.24, 2.45) is 0 Å². The molecule has 1 aliphatic heterocycles. The molecular weight excluding hydrogens is 385 g/mol. The number of pyridine rings is 1. The molecule has 0 N–H and O–H groups in total. The number of carbonyl (C=O) groups is 2. The normalized spacial score (nSPS) is 15.1.